The Hall–Kier alpha value is -1.23. The van der Waals surface area contributed by atoms with Crippen LogP contribution in [0.3, 0.4) is 0 Å². The van der Waals surface area contributed by atoms with Crippen LogP contribution >= 0.6 is 0 Å². The van der Waals surface area contributed by atoms with Crippen LogP contribution in [0.5, 0.6) is 0 Å². The Bertz CT molecular complexity index is 188. The Balaban J connectivity index is 3.55. The van der Waals surface area contributed by atoms with Gasteiger partial charge in [0, 0.05) is 0 Å². The van der Waals surface area contributed by atoms with Crippen molar-refractivity contribution in [2.45, 2.75) is 19.8 Å². The van der Waals surface area contributed by atoms with E-state index < -0.39 is 0 Å². The average molecular weight is 151 g/mol. The normalized spacial score (nSPS) is 8.36. The van der Waals surface area contributed by atoms with Crippen molar-refractivity contribution in [3.05, 3.63) is 24.5 Å². The summed E-state index contributed by atoms with van der Waals surface area (Å²) in [5, 5.41) is 8.37. The molecular weight excluding hydrogens is 138 g/mol. The zero-order valence-corrected chi connectivity index (χ0v) is 6.89. The van der Waals surface area contributed by atoms with Crippen molar-refractivity contribution in [1.29, 1.82) is 5.26 Å². The monoisotopic (exact) mass is 151 g/mol. The second-order valence-electron chi connectivity index (χ2n) is 2.22. The quantitative estimate of drug-likeness (QED) is 0.261. The van der Waals surface area contributed by atoms with Gasteiger partial charge in [0.05, 0.1) is 12.2 Å². The van der Waals surface area contributed by atoms with Crippen LogP contribution in [0.2, 0.25) is 0 Å². The Morgan fingerprint density at radius 3 is 2.64 bits per heavy atom. The SMILES string of the molecule is C=C(C#N)C(=C)OCCCC. The van der Waals surface area contributed by atoms with Crippen LogP contribution in [0.15, 0.2) is 24.5 Å². The molecule has 2 heteroatoms. The number of ether oxygens (including phenoxy) is 1. The summed E-state index contributed by atoms with van der Waals surface area (Å²) >= 11 is 0. The number of rotatable bonds is 5. The van der Waals surface area contributed by atoms with Crippen molar-refractivity contribution in [1.82, 2.24) is 0 Å². The van der Waals surface area contributed by atoms with Crippen molar-refractivity contribution in [3.63, 3.8) is 0 Å². The van der Waals surface area contributed by atoms with Gasteiger partial charge in [-0.2, -0.15) is 5.26 Å². The van der Waals surface area contributed by atoms with E-state index in [4.69, 9.17) is 10.00 Å². The number of unbranched alkanes of at least 4 members (excludes halogenated alkanes) is 1. The lowest BCUT2D eigenvalue weighted by Crippen LogP contribution is -1.94. The lowest BCUT2D eigenvalue weighted by Gasteiger charge is -2.05. The number of nitrogens with zero attached hydrogens (tertiary/aromatic N) is 1. The minimum Gasteiger partial charge on any atom is -0.493 e. The second-order valence-corrected chi connectivity index (χ2v) is 2.22. The van der Waals surface area contributed by atoms with Gasteiger partial charge in [-0.1, -0.05) is 26.5 Å². The Labute approximate surface area is 67.8 Å². The van der Waals surface area contributed by atoms with Crippen LogP contribution in [0.25, 0.3) is 0 Å². The first-order valence-electron chi connectivity index (χ1n) is 3.63. The number of allylic oxidation sites excluding steroid dienone is 1. The molecule has 0 aliphatic carbocycles. The van der Waals surface area contributed by atoms with Gasteiger partial charge >= 0.3 is 0 Å². The zero-order valence-electron chi connectivity index (χ0n) is 6.89. The topological polar surface area (TPSA) is 33.0 Å². The van der Waals surface area contributed by atoms with Crippen molar-refractivity contribution in [2.75, 3.05) is 6.61 Å². The summed E-state index contributed by atoms with van der Waals surface area (Å²) in [4.78, 5) is 0. The summed E-state index contributed by atoms with van der Waals surface area (Å²) in [6.07, 6.45) is 2.06. The molecule has 0 aliphatic heterocycles. The molecule has 0 unspecified atom stereocenters. The molecule has 0 atom stereocenters. The Kier molecular flexibility index (Phi) is 4.93. The van der Waals surface area contributed by atoms with E-state index in [0.29, 0.717) is 17.9 Å². The minimum atomic E-state index is 0.307. The number of hydrogen-bond donors (Lipinski definition) is 0. The maximum atomic E-state index is 8.37. The fraction of sp³-hybridized carbons (Fsp3) is 0.444. The predicted molar refractivity (Wildman–Crippen MR) is 44.8 cm³/mol. The molecule has 0 aromatic rings. The maximum Gasteiger partial charge on any atom is 0.129 e. The highest BCUT2D eigenvalue weighted by Crippen LogP contribution is 2.05. The second kappa shape index (κ2) is 5.55. The highest BCUT2D eigenvalue weighted by Gasteiger charge is 1.97. The molecule has 11 heavy (non-hydrogen) atoms. The molecule has 60 valence electrons. The highest BCUT2D eigenvalue weighted by atomic mass is 16.5. The summed E-state index contributed by atoms with van der Waals surface area (Å²) in [5.74, 6) is 0.390. The van der Waals surface area contributed by atoms with Gasteiger partial charge < -0.3 is 4.74 Å². The van der Waals surface area contributed by atoms with Crippen LogP contribution < -0.4 is 0 Å². The molecule has 0 N–H and O–H groups in total. The fourth-order valence-corrected chi connectivity index (χ4v) is 0.489. The van der Waals surface area contributed by atoms with E-state index in [2.05, 4.69) is 20.1 Å². The lowest BCUT2D eigenvalue weighted by molar-refractivity contribution is 0.218. The smallest absolute Gasteiger partial charge is 0.129 e. The van der Waals surface area contributed by atoms with Crippen molar-refractivity contribution in [3.8, 4) is 6.07 Å². The molecule has 0 heterocycles. The zero-order chi connectivity index (χ0) is 8.69. The molecule has 0 aliphatic rings. The van der Waals surface area contributed by atoms with Crippen LogP contribution in [0, 0.1) is 11.3 Å². The predicted octanol–water partition coefficient (Wildman–Crippen LogP) is 2.40. The molecular formula is C9H13NO. The fourth-order valence-electron chi connectivity index (χ4n) is 0.489. The van der Waals surface area contributed by atoms with Crippen molar-refractivity contribution >= 4 is 0 Å². The van der Waals surface area contributed by atoms with Crippen LogP contribution in [0.1, 0.15) is 19.8 Å². The van der Waals surface area contributed by atoms with E-state index in [9.17, 15) is 0 Å². The molecule has 0 bridgehead atoms. The molecule has 2 nitrogen and oxygen atoms in total. The van der Waals surface area contributed by atoms with Crippen molar-refractivity contribution in [2.24, 2.45) is 0 Å². The molecule has 0 aromatic heterocycles. The van der Waals surface area contributed by atoms with Gasteiger partial charge in [-0.15, -0.1) is 0 Å². The Morgan fingerprint density at radius 2 is 2.18 bits per heavy atom. The van der Waals surface area contributed by atoms with E-state index in [0.717, 1.165) is 12.8 Å². The van der Waals surface area contributed by atoms with Crippen LogP contribution in [0.4, 0.5) is 0 Å². The molecule has 0 aromatic carbocycles. The minimum absolute atomic E-state index is 0.307. The Morgan fingerprint density at radius 1 is 1.55 bits per heavy atom. The van der Waals surface area contributed by atoms with Gasteiger partial charge in [-0.05, 0) is 6.42 Å². The van der Waals surface area contributed by atoms with E-state index >= 15 is 0 Å². The first kappa shape index (κ1) is 9.77. The van der Waals surface area contributed by atoms with E-state index in [1.165, 1.54) is 0 Å². The van der Waals surface area contributed by atoms with Crippen LogP contribution in [-0.4, -0.2) is 6.61 Å². The number of hydrogen-bond acceptors (Lipinski definition) is 2. The summed E-state index contributed by atoms with van der Waals surface area (Å²) in [6, 6.07) is 1.87. The van der Waals surface area contributed by atoms with E-state index in [1.54, 1.807) is 0 Å². The molecule has 0 rings (SSSR count). The van der Waals surface area contributed by atoms with Gasteiger partial charge in [0.15, 0.2) is 0 Å². The first-order chi connectivity index (χ1) is 5.22. The van der Waals surface area contributed by atoms with E-state index in [1.807, 2.05) is 6.07 Å². The molecule has 0 amide bonds. The largest absolute Gasteiger partial charge is 0.493 e. The molecule has 0 spiro atoms. The van der Waals surface area contributed by atoms with Crippen molar-refractivity contribution < 1.29 is 4.74 Å². The van der Waals surface area contributed by atoms with Gasteiger partial charge in [-0.3, -0.25) is 0 Å². The first-order valence-corrected chi connectivity index (χ1v) is 3.63. The van der Waals surface area contributed by atoms with Gasteiger partial charge in [0.2, 0.25) is 0 Å². The summed E-state index contributed by atoms with van der Waals surface area (Å²) in [5.41, 5.74) is 0.307. The maximum absolute atomic E-state index is 8.37. The lowest BCUT2D eigenvalue weighted by atomic mass is 10.3. The third kappa shape index (κ3) is 4.21. The number of nitriles is 1. The average Bonchev–Trinajstić information content (AvgIpc) is 2.03. The molecule has 0 fully saturated rings. The third-order valence-corrected chi connectivity index (χ3v) is 1.25. The standard InChI is InChI=1S/C9H13NO/c1-4-5-6-11-9(3)8(2)7-10/h2-6H2,1H3. The third-order valence-electron chi connectivity index (χ3n) is 1.25. The van der Waals surface area contributed by atoms with Gasteiger partial charge in [0.1, 0.15) is 11.8 Å². The summed E-state index contributed by atoms with van der Waals surface area (Å²) < 4.78 is 5.12. The van der Waals surface area contributed by atoms with Gasteiger partial charge in [-0.25, -0.2) is 0 Å². The molecule has 0 saturated carbocycles. The van der Waals surface area contributed by atoms with Crippen LogP contribution in [-0.2, 0) is 4.74 Å². The van der Waals surface area contributed by atoms with Gasteiger partial charge in [0.25, 0.3) is 0 Å². The van der Waals surface area contributed by atoms with E-state index in [-0.39, 0.29) is 0 Å². The summed E-state index contributed by atoms with van der Waals surface area (Å²) in [7, 11) is 0. The summed E-state index contributed by atoms with van der Waals surface area (Å²) in [6.45, 7) is 9.71. The molecule has 0 radical (unpaired) electrons. The molecule has 0 saturated heterocycles. The highest BCUT2D eigenvalue weighted by molar-refractivity contribution is 5.33.